The Morgan fingerprint density at radius 3 is 2.60 bits per heavy atom. The number of nitrogens with one attached hydrogen (secondary N) is 2. The predicted molar refractivity (Wildman–Crippen MR) is 164 cm³/mol. The van der Waals surface area contributed by atoms with E-state index in [1.807, 2.05) is 36.3 Å². The summed E-state index contributed by atoms with van der Waals surface area (Å²) in [5, 5.41) is 13.1. The number of aryl methyl sites for hydroxylation is 1. The van der Waals surface area contributed by atoms with Gasteiger partial charge in [0.05, 0.1) is 25.1 Å². The minimum absolute atomic E-state index is 0.183. The maximum atomic E-state index is 13.3. The molecule has 42 heavy (non-hydrogen) atoms. The molecule has 0 radical (unpaired) electrons. The lowest BCUT2D eigenvalue weighted by Gasteiger charge is -2.27. The summed E-state index contributed by atoms with van der Waals surface area (Å²) in [5.74, 6) is 2.71. The first kappa shape index (κ1) is 27.0. The Balaban J connectivity index is 1.08. The van der Waals surface area contributed by atoms with Crippen molar-refractivity contribution in [1.82, 2.24) is 30.0 Å². The molecule has 0 aliphatic carbocycles. The van der Waals surface area contributed by atoms with E-state index in [0.29, 0.717) is 11.4 Å². The number of fused-ring (bicyclic) bond motifs is 2. The van der Waals surface area contributed by atoms with Crippen LogP contribution in [0.5, 0.6) is 0 Å². The van der Waals surface area contributed by atoms with E-state index < -0.39 is 0 Å². The quantitative estimate of drug-likeness (QED) is 0.366. The van der Waals surface area contributed by atoms with Gasteiger partial charge in [-0.25, -0.2) is 9.97 Å². The molecule has 3 aliphatic heterocycles. The molecule has 1 amide bonds. The van der Waals surface area contributed by atoms with Crippen LogP contribution in [0.25, 0.3) is 21.9 Å². The Bertz CT molecular complexity index is 1570. The van der Waals surface area contributed by atoms with Crippen LogP contribution in [-0.2, 0) is 18.3 Å². The summed E-state index contributed by atoms with van der Waals surface area (Å²) in [5.41, 5.74) is 3.98. The molecule has 6 heterocycles. The van der Waals surface area contributed by atoms with Gasteiger partial charge in [0.25, 0.3) is 5.91 Å². The summed E-state index contributed by atoms with van der Waals surface area (Å²) < 4.78 is 7.49. The van der Waals surface area contributed by atoms with E-state index in [-0.39, 0.29) is 5.91 Å². The van der Waals surface area contributed by atoms with Crippen molar-refractivity contribution in [2.45, 2.75) is 19.4 Å². The minimum Gasteiger partial charge on any atom is -0.379 e. The largest absolute Gasteiger partial charge is 0.379 e. The van der Waals surface area contributed by atoms with Crippen LogP contribution >= 0.6 is 0 Å². The Labute approximate surface area is 246 Å². The van der Waals surface area contributed by atoms with Gasteiger partial charge < -0.3 is 20.3 Å². The number of benzene rings is 1. The molecule has 1 aromatic carbocycles. The molecule has 0 bridgehead atoms. The summed E-state index contributed by atoms with van der Waals surface area (Å²) in [6.45, 7) is 8.39. The molecule has 0 spiro atoms. The van der Waals surface area contributed by atoms with Crippen LogP contribution in [0.2, 0.25) is 0 Å². The fourth-order valence-corrected chi connectivity index (χ4v) is 6.61. The second-order valence-electron chi connectivity index (χ2n) is 11.7. The molecule has 10 heteroatoms. The Hall–Kier alpha value is -3.86. The van der Waals surface area contributed by atoms with Gasteiger partial charge in [-0.3, -0.25) is 14.4 Å². The van der Waals surface area contributed by atoms with Gasteiger partial charge in [-0.2, -0.15) is 5.10 Å². The van der Waals surface area contributed by atoms with Crippen LogP contribution in [0.4, 0.5) is 11.6 Å². The van der Waals surface area contributed by atoms with Crippen LogP contribution in [0.3, 0.4) is 0 Å². The first-order valence-corrected chi connectivity index (χ1v) is 15.0. The fraction of sp³-hybridized carbons (Fsp3) is 0.438. The molecule has 3 saturated heterocycles. The molecule has 7 rings (SSSR count). The van der Waals surface area contributed by atoms with Crippen molar-refractivity contribution in [3.8, 4) is 11.1 Å². The zero-order valence-electron chi connectivity index (χ0n) is 24.1. The Kier molecular flexibility index (Phi) is 7.58. The molecule has 10 nitrogen and oxygen atoms in total. The third-order valence-electron chi connectivity index (χ3n) is 9.16. The Morgan fingerprint density at radius 1 is 0.976 bits per heavy atom. The summed E-state index contributed by atoms with van der Waals surface area (Å²) >= 11 is 0. The van der Waals surface area contributed by atoms with Crippen LogP contribution in [0, 0.1) is 11.8 Å². The highest BCUT2D eigenvalue weighted by molar-refractivity contribution is 6.05. The van der Waals surface area contributed by atoms with Gasteiger partial charge in [0.15, 0.2) is 0 Å². The van der Waals surface area contributed by atoms with Gasteiger partial charge in [-0.15, -0.1) is 0 Å². The zero-order valence-corrected chi connectivity index (χ0v) is 24.1. The average molecular weight is 567 g/mol. The maximum Gasteiger partial charge on any atom is 0.257 e. The van der Waals surface area contributed by atoms with E-state index in [2.05, 4.69) is 53.7 Å². The van der Waals surface area contributed by atoms with Crippen molar-refractivity contribution in [3.05, 3.63) is 66.2 Å². The lowest BCUT2D eigenvalue weighted by molar-refractivity contribution is 0.0332. The van der Waals surface area contributed by atoms with E-state index >= 15 is 0 Å². The maximum absolute atomic E-state index is 13.3. The van der Waals surface area contributed by atoms with Crippen molar-refractivity contribution in [3.63, 3.8) is 0 Å². The lowest BCUT2D eigenvalue weighted by Crippen LogP contribution is -2.36. The molecule has 2 unspecified atom stereocenters. The highest BCUT2D eigenvalue weighted by Gasteiger charge is 2.30. The molecule has 2 N–H and O–H groups in total. The van der Waals surface area contributed by atoms with Crippen LogP contribution in [0.15, 0.2) is 55.0 Å². The van der Waals surface area contributed by atoms with E-state index in [1.54, 1.807) is 12.3 Å². The SMILES string of the molecule is Cn1ncc(-c2ccc3cnc(NC(=O)c4ccnc(N5CCC6CNCC6CC5)c4)cc3c2)c1CN1CCOCC1. The number of carbonyl (C=O) groups is 1. The van der Waals surface area contributed by atoms with E-state index in [1.165, 1.54) is 5.69 Å². The number of hydrogen-bond donors (Lipinski definition) is 2. The third kappa shape index (κ3) is 5.62. The number of hydrogen-bond acceptors (Lipinski definition) is 8. The molecule has 3 fully saturated rings. The number of aromatic nitrogens is 4. The van der Waals surface area contributed by atoms with Crippen molar-refractivity contribution >= 4 is 28.3 Å². The standard InChI is InChI=1S/C32H38N8O2/c1-38-29(21-39-10-12-42-13-11-39)28(20-36-38)22-2-3-24-19-35-30(15-27(24)14-22)37-32(41)23-4-7-34-31(16-23)40-8-5-25-17-33-18-26(25)6-9-40/h2-4,7,14-16,19-20,25-26,33H,5-6,8-13,17-18,21H2,1H3,(H,35,37,41). The Morgan fingerprint density at radius 2 is 1.79 bits per heavy atom. The second kappa shape index (κ2) is 11.8. The van der Waals surface area contributed by atoms with Crippen molar-refractivity contribution < 1.29 is 9.53 Å². The van der Waals surface area contributed by atoms with Gasteiger partial charge in [0, 0.05) is 68.7 Å². The van der Waals surface area contributed by atoms with Gasteiger partial charge in [0.2, 0.25) is 0 Å². The fourth-order valence-electron chi connectivity index (χ4n) is 6.61. The zero-order chi connectivity index (χ0) is 28.5. The number of rotatable bonds is 6. The molecular formula is C32H38N8O2. The smallest absolute Gasteiger partial charge is 0.257 e. The summed E-state index contributed by atoms with van der Waals surface area (Å²) in [6, 6.07) is 12.0. The molecule has 3 aliphatic rings. The first-order chi connectivity index (χ1) is 20.6. The highest BCUT2D eigenvalue weighted by atomic mass is 16.5. The van der Waals surface area contributed by atoms with Gasteiger partial charge in [-0.1, -0.05) is 12.1 Å². The van der Waals surface area contributed by atoms with Crippen molar-refractivity contribution in [2.24, 2.45) is 18.9 Å². The van der Waals surface area contributed by atoms with E-state index in [9.17, 15) is 4.79 Å². The topological polar surface area (TPSA) is 100 Å². The molecule has 3 aromatic heterocycles. The number of ether oxygens (including phenoxy) is 1. The van der Waals surface area contributed by atoms with Crippen molar-refractivity contribution in [1.29, 1.82) is 0 Å². The molecule has 2 atom stereocenters. The van der Waals surface area contributed by atoms with Gasteiger partial charge in [-0.05, 0) is 73.0 Å². The van der Waals surface area contributed by atoms with Gasteiger partial charge >= 0.3 is 0 Å². The molecular weight excluding hydrogens is 528 g/mol. The first-order valence-electron chi connectivity index (χ1n) is 15.0. The number of pyridine rings is 2. The summed E-state index contributed by atoms with van der Waals surface area (Å²) in [6.07, 6.45) is 7.81. The van der Waals surface area contributed by atoms with E-state index in [4.69, 9.17) is 4.74 Å². The lowest BCUT2D eigenvalue weighted by atomic mass is 9.92. The number of amides is 1. The predicted octanol–water partition coefficient (Wildman–Crippen LogP) is 3.55. The molecule has 4 aromatic rings. The monoisotopic (exact) mass is 566 g/mol. The highest BCUT2D eigenvalue weighted by Crippen LogP contribution is 2.30. The molecule has 0 saturated carbocycles. The van der Waals surface area contributed by atoms with Crippen LogP contribution in [0.1, 0.15) is 28.9 Å². The summed E-state index contributed by atoms with van der Waals surface area (Å²) in [4.78, 5) is 27.2. The number of anilines is 2. The number of carbonyl (C=O) groups excluding carboxylic acids is 1. The van der Waals surface area contributed by atoms with Crippen molar-refractivity contribution in [2.75, 3.05) is 62.7 Å². The normalized spacial score (nSPS) is 21.3. The van der Waals surface area contributed by atoms with Crippen LogP contribution < -0.4 is 15.5 Å². The number of morpholine rings is 1. The van der Waals surface area contributed by atoms with Crippen LogP contribution in [-0.4, -0.2) is 83.0 Å². The molecule has 218 valence electrons. The number of nitrogens with zero attached hydrogens (tertiary/aromatic N) is 6. The second-order valence-corrected chi connectivity index (χ2v) is 11.7. The minimum atomic E-state index is -0.183. The van der Waals surface area contributed by atoms with Gasteiger partial charge in [0.1, 0.15) is 11.6 Å². The van der Waals surface area contributed by atoms with E-state index in [0.717, 1.165) is 111 Å². The summed E-state index contributed by atoms with van der Waals surface area (Å²) in [7, 11) is 2.00. The average Bonchev–Trinajstić information content (AvgIpc) is 3.57. The third-order valence-corrected chi connectivity index (χ3v) is 9.16.